The number of aryl methyl sites for hydroxylation is 2. The Morgan fingerprint density at radius 1 is 0.938 bits per heavy atom. The van der Waals surface area contributed by atoms with Crippen LogP contribution in [-0.2, 0) is 9.59 Å². The molecule has 6 nitrogen and oxygen atoms in total. The highest BCUT2D eigenvalue weighted by Crippen LogP contribution is 2.38. The minimum Gasteiger partial charge on any atom is -0.366 e. The SMILES string of the molecule is CC1=CC(C)(C)N(C)c2ccc(/C=C3\C(=O)NC(=O)N(c4ccc(C)c(C)c4)C3=O)cc21. The van der Waals surface area contributed by atoms with Crippen LogP contribution < -0.4 is 15.1 Å². The van der Waals surface area contributed by atoms with E-state index in [9.17, 15) is 14.4 Å². The minimum absolute atomic E-state index is 0.0751. The summed E-state index contributed by atoms with van der Waals surface area (Å²) in [6.45, 7) is 10.2. The number of imide groups is 2. The molecule has 4 rings (SSSR count). The Hall–Kier alpha value is -3.67. The van der Waals surface area contributed by atoms with Crippen molar-refractivity contribution in [2.45, 2.75) is 40.2 Å². The number of likely N-dealkylation sites (N-methyl/N-ethyl adjacent to an activating group) is 1. The third-order valence-electron chi connectivity index (χ3n) is 6.40. The molecule has 0 aromatic heterocycles. The van der Waals surface area contributed by atoms with Crippen molar-refractivity contribution < 1.29 is 14.4 Å². The van der Waals surface area contributed by atoms with Gasteiger partial charge in [-0.2, -0.15) is 0 Å². The van der Waals surface area contributed by atoms with Crippen molar-refractivity contribution in [2.24, 2.45) is 0 Å². The molecule has 0 bridgehead atoms. The van der Waals surface area contributed by atoms with E-state index < -0.39 is 17.8 Å². The molecule has 0 spiro atoms. The molecular formula is C26H27N3O3. The monoisotopic (exact) mass is 429 g/mol. The van der Waals surface area contributed by atoms with E-state index in [1.807, 2.05) is 45.2 Å². The lowest BCUT2D eigenvalue weighted by atomic mass is 9.88. The third-order valence-corrected chi connectivity index (χ3v) is 6.40. The van der Waals surface area contributed by atoms with Crippen LogP contribution in [0.1, 0.15) is 43.0 Å². The van der Waals surface area contributed by atoms with Crippen LogP contribution in [0.15, 0.2) is 48.0 Å². The van der Waals surface area contributed by atoms with Crippen molar-refractivity contribution >= 4 is 40.9 Å². The van der Waals surface area contributed by atoms with Crippen LogP contribution >= 0.6 is 0 Å². The fourth-order valence-corrected chi connectivity index (χ4v) is 4.19. The summed E-state index contributed by atoms with van der Waals surface area (Å²) >= 11 is 0. The highest BCUT2D eigenvalue weighted by atomic mass is 16.2. The van der Waals surface area contributed by atoms with Gasteiger partial charge in [-0.15, -0.1) is 0 Å². The lowest BCUT2D eigenvalue weighted by Gasteiger charge is -2.40. The molecule has 0 atom stereocenters. The van der Waals surface area contributed by atoms with Crippen LogP contribution in [0.2, 0.25) is 0 Å². The Bertz CT molecular complexity index is 1240. The zero-order chi connectivity index (χ0) is 23.4. The predicted octanol–water partition coefficient (Wildman–Crippen LogP) is 4.60. The smallest absolute Gasteiger partial charge is 0.335 e. The van der Waals surface area contributed by atoms with Crippen molar-refractivity contribution in [3.8, 4) is 0 Å². The number of rotatable bonds is 2. The van der Waals surface area contributed by atoms with Gasteiger partial charge in [0.05, 0.1) is 11.2 Å². The van der Waals surface area contributed by atoms with E-state index in [2.05, 4.69) is 37.1 Å². The molecule has 1 fully saturated rings. The lowest BCUT2D eigenvalue weighted by Crippen LogP contribution is -2.54. The van der Waals surface area contributed by atoms with Gasteiger partial charge in [-0.25, -0.2) is 9.69 Å². The largest absolute Gasteiger partial charge is 0.366 e. The Kier molecular flexibility index (Phi) is 5.04. The summed E-state index contributed by atoms with van der Waals surface area (Å²) in [6.07, 6.45) is 3.75. The van der Waals surface area contributed by atoms with Gasteiger partial charge in [-0.05, 0) is 87.2 Å². The number of allylic oxidation sites excluding steroid dienone is 1. The summed E-state index contributed by atoms with van der Waals surface area (Å²) in [6, 6.07) is 10.4. The number of nitrogens with one attached hydrogen (secondary N) is 1. The van der Waals surface area contributed by atoms with Crippen LogP contribution in [0.5, 0.6) is 0 Å². The van der Waals surface area contributed by atoms with Crippen molar-refractivity contribution in [3.63, 3.8) is 0 Å². The van der Waals surface area contributed by atoms with Gasteiger partial charge >= 0.3 is 6.03 Å². The molecule has 32 heavy (non-hydrogen) atoms. The van der Waals surface area contributed by atoms with E-state index in [1.54, 1.807) is 18.2 Å². The number of nitrogens with zero attached hydrogens (tertiary/aromatic N) is 2. The van der Waals surface area contributed by atoms with E-state index in [0.29, 0.717) is 5.69 Å². The molecule has 0 radical (unpaired) electrons. The average molecular weight is 430 g/mol. The first-order valence-electron chi connectivity index (χ1n) is 10.6. The second-order valence-electron chi connectivity index (χ2n) is 9.04. The van der Waals surface area contributed by atoms with Gasteiger partial charge in [-0.3, -0.25) is 14.9 Å². The van der Waals surface area contributed by atoms with E-state index in [0.717, 1.165) is 38.4 Å². The van der Waals surface area contributed by atoms with Crippen molar-refractivity contribution in [1.29, 1.82) is 0 Å². The van der Waals surface area contributed by atoms with E-state index in [-0.39, 0.29) is 11.1 Å². The standard InChI is InChI=1S/C26H27N3O3/c1-15-7-9-19(11-16(15)2)29-24(31)21(23(30)27-25(29)32)13-18-8-10-22-20(12-18)17(3)14-26(4,5)28(22)6/h7-14H,1-6H3,(H,27,30,32)/b21-13+. The first-order valence-corrected chi connectivity index (χ1v) is 10.6. The molecule has 6 heteroatoms. The van der Waals surface area contributed by atoms with Gasteiger partial charge in [0.2, 0.25) is 0 Å². The Morgan fingerprint density at radius 2 is 1.66 bits per heavy atom. The highest BCUT2D eigenvalue weighted by molar-refractivity contribution is 6.39. The second-order valence-corrected chi connectivity index (χ2v) is 9.04. The summed E-state index contributed by atoms with van der Waals surface area (Å²) in [4.78, 5) is 41.4. The molecule has 2 aromatic carbocycles. The molecule has 2 aliphatic rings. The number of urea groups is 1. The third kappa shape index (κ3) is 3.51. The Labute approximate surface area is 188 Å². The average Bonchev–Trinajstić information content (AvgIpc) is 2.71. The molecule has 2 heterocycles. The van der Waals surface area contributed by atoms with Crippen LogP contribution in [-0.4, -0.2) is 30.4 Å². The Balaban J connectivity index is 1.74. The Morgan fingerprint density at radius 3 is 2.34 bits per heavy atom. The van der Waals surface area contributed by atoms with Gasteiger partial charge < -0.3 is 4.90 Å². The van der Waals surface area contributed by atoms with Gasteiger partial charge in [-0.1, -0.05) is 18.2 Å². The zero-order valence-corrected chi connectivity index (χ0v) is 19.2. The molecule has 2 aromatic rings. The van der Waals surface area contributed by atoms with Crippen LogP contribution in [0, 0.1) is 13.8 Å². The molecule has 4 amide bonds. The molecule has 1 saturated heterocycles. The zero-order valence-electron chi connectivity index (χ0n) is 19.2. The fourth-order valence-electron chi connectivity index (χ4n) is 4.19. The molecular weight excluding hydrogens is 402 g/mol. The quantitative estimate of drug-likeness (QED) is 0.559. The number of carbonyl (C=O) groups is 3. The topological polar surface area (TPSA) is 69.7 Å². The number of hydrogen-bond donors (Lipinski definition) is 1. The summed E-state index contributed by atoms with van der Waals surface area (Å²) in [5.74, 6) is -1.33. The van der Waals surface area contributed by atoms with Crippen LogP contribution in [0.3, 0.4) is 0 Å². The number of anilines is 2. The van der Waals surface area contributed by atoms with Gasteiger partial charge in [0.1, 0.15) is 5.57 Å². The lowest BCUT2D eigenvalue weighted by molar-refractivity contribution is -0.122. The van der Waals surface area contributed by atoms with E-state index in [1.165, 1.54) is 0 Å². The number of amides is 4. The number of hydrogen-bond acceptors (Lipinski definition) is 4. The number of carbonyl (C=O) groups excluding carboxylic acids is 3. The second kappa shape index (κ2) is 7.48. The summed E-state index contributed by atoms with van der Waals surface area (Å²) in [7, 11) is 2.05. The number of fused-ring (bicyclic) bond motifs is 1. The molecule has 0 saturated carbocycles. The molecule has 0 aliphatic carbocycles. The normalized spacial score (nSPS) is 19.1. The van der Waals surface area contributed by atoms with Crippen molar-refractivity contribution in [1.82, 2.24) is 5.32 Å². The first kappa shape index (κ1) is 21.6. The summed E-state index contributed by atoms with van der Waals surface area (Å²) in [5.41, 5.74) is 6.24. The molecule has 1 N–H and O–H groups in total. The molecule has 2 aliphatic heterocycles. The maximum Gasteiger partial charge on any atom is 0.335 e. The predicted molar refractivity (Wildman–Crippen MR) is 127 cm³/mol. The maximum absolute atomic E-state index is 13.2. The van der Waals surface area contributed by atoms with E-state index >= 15 is 0 Å². The number of barbiturate groups is 1. The van der Waals surface area contributed by atoms with Gasteiger partial charge in [0.15, 0.2) is 0 Å². The van der Waals surface area contributed by atoms with E-state index in [4.69, 9.17) is 0 Å². The summed E-state index contributed by atoms with van der Waals surface area (Å²) < 4.78 is 0. The van der Waals surface area contributed by atoms with Crippen LogP contribution in [0.25, 0.3) is 11.6 Å². The minimum atomic E-state index is -0.742. The van der Waals surface area contributed by atoms with Crippen molar-refractivity contribution in [3.05, 3.63) is 70.3 Å². The number of benzene rings is 2. The molecule has 0 unspecified atom stereocenters. The first-order chi connectivity index (χ1) is 15.0. The van der Waals surface area contributed by atoms with Gasteiger partial charge in [0, 0.05) is 18.3 Å². The molecule has 164 valence electrons. The summed E-state index contributed by atoms with van der Waals surface area (Å²) in [5, 5.41) is 2.29. The van der Waals surface area contributed by atoms with Crippen molar-refractivity contribution in [2.75, 3.05) is 16.8 Å². The van der Waals surface area contributed by atoms with Crippen LogP contribution in [0.4, 0.5) is 16.2 Å². The highest BCUT2D eigenvalue weighted by Gasteiger charge is 2.37. The van der Waals surface area contributed by atoms with Gasteiger partial charge in [0.25, 0.3) is 11.8 Å². The maximum atomic E-state index is 13.2. The fraction of sp³-hybridized carbons (Fsp3) is 0.269.